The molecule has 10 rings (SSSR count). The monoisotopic (exact) mass is 663 g/mol. The minimum atomic E-state index is 0.899. The molecule has 0 amide bonds. The molecular weight excluding hydrogens is 631 g/mol. The number of fused-ring (bicyclic) bond motifs is 6. The van der Waals surface area contributed by atoms with Crippen LogP contribution in [0.1, 0.15) is 0 Å². The van der Waals surface area contributed by atoms with E-state index in [-0.39, 0.29) is 0 Å². The third kappa shape index (κ3) is 5.04. The van der Waals surface area contributed by atoms with Gasteiger partial charge in [-0.05, 0) is 86.6 Å². The summed E-state index contributed by atoms with van der Waals surface area (Å²) in [6.07, 6.45) is 0. The number of rotatable bonds is 6. The smallest absolute Gasteiger partial charge is 0.143 e. The third-order valence-electron chi connectivity index (χ3n) is 10.3. The molecule has 0 bridgehead atoms. The maximum atomic E-state index is 6.59. The van der Waals surface area contributed by atoms with Crippen molar-refractivity contribution >= 4 is 60.5 Å². The van der Waals surface area contributed by atoms with E-state index >= 15 is 0 Å². The van der Waals surface area contributed by atoms with Gasteiger partial charge in [-0.15, -0.1) is 0 Å². The molecule has 0 saturated heterocycles. The molecule has 0 radical (unpaired) electrons. The number of anilines is 3. The van der Waals surface area contributed by atoms with E-state index in [0.717, 1.165) is 44.4 Å². The quantitative estimate of drug-likeness (QED) is 0.176. The summed E-state index contributed by atoms with van der Waals surface area (Å²) >= 11 is 0. The highest BCUT2D eigenvalue weighted by molar-refractivity contribution is 6.21. The van der Waals surface area contributed by atoms with E-state index in [1.54, 1.807) is 0 Å². The molecule has 0 N–H and O–H groups in total. The van der Waals surface area contributed by atoms with Gasteiger partial charge in [-0.2, -0.15) is 0 Å². The molecule has 0 aliphatic heterocycles. The largest absolute Gasteiger partial charge is 0.455 e. The first kappa shape index (κ1) is 30.0. The fraction of sp³-hybridized carbons (Fsp3) is 0. The summed E-state index contributed by atoms with van der Waals surface area (Å²) in [6, 6.07) is 71.6. The molecule has 244 valence electrons. The summed E-state index contributed by atoms with van der Waals surface area (Å²) in [5, 5.41) is 6.96. The molecule has 0 unspecified atom stereocenters. The Morgan fingerprint density at radius 3 is 1.54 bits per heavy atom. The van der Waals surface area contributed by atoms with Gasteiger partial charge in [-0.1, -0.05) is 158 Å². The molecule has 0 atom stereocenters. The highest BCUT2D eigenvalue weighted by Crippen LogP contribution is 2.45. The molecule has 0 saturated carbocycles. The lowest BCUT2D eigenvalue weighted by atomic mass is 9.93. The predicted octanol–water partition coefficient (Wildman–Crippen LogP) is 14.4. The minimum absolute atomic E-state index is 0.899. The van der Waals surface area contributed by atoms with Crippen molar-refractivity contribution in [3.8, 4) is 33.4 Å². The third-order valence-corrected chi connectivity index (χ3v) is 10.3. The predicted molar refractivity (Wildman–Crippen MR) is 220 cm³/mol. The first-order chi connectivity index (χ1) is 25.8. The van der Waals surface area contributed by atoms with E-state index < -0.39 is 0 Å². The minimum Gasteiger partial charge on any atom is -0.455 e. The van der Waals surface area contributed by atoms with Crippen LogP contribution >= 0.6 is 0 Å². The van der Waals surface area contributed by atoms with E-state index in [9.17, 15) is 0 Å². The van der Waals surface area contributed by atoms with Crippen molar-refractivity contribution in [3.05, 3.63) is 200 Å². The molecule has 0 fully saturated rings. The molecule has 1 aromatic heterocycles. The summed E-state index contributed by atoms with van der Waals surface area (Å²) in [6.45, 7) is 0. The van der Waals surface area contributed by atoms with Crippen molar-refractivity contribution in [2.45, 2.75) is 0 Å². The molecule has 9 aromatic carbocycles. The van der Waals surface area contributed by atoms with Crippen LogP contribution in [0.4, 0.5) is 17.1 Å². The Labute approximate surface area is 302 Å². The van der Waals surface area contributed by atoms with E-state index in [4.69, 9.17) is 4.42 Å². The number of furan rings is 1. The fourth-order valence-corrected chi connectivity index (χ4v) is 7.79. The van der Waals surface area contributed by atoms with E-state index in [1.807, 2.05) is 0 Å². The van der Waals surface area contributed by atoms with Crippen LogP contribution in [0.25, 0.3) is 76.9 Å². The highest BCUT2D eigenvalue weighted by atomic mass is 16.3. The van der Waals surface area contributed by atoms with Gasteiger partial charge < -0.3 is 9.32 Å². The molecular formula is C50H33NO. The van der Waals surface area contributed by atoms with Gasteiger partial charge in [0.25, 0.3) is 0 Å². The Kier molecular flexibility index (Phi) is 7.18. The number of hydrogen-bond acceptors (Lipinski definition) is 2. The van der Waals surface area contributed by atoms with Gasteiger partial charge in [0.2, 0.25) is 0 Å². The summed E-state index contributed by atoms with van der Waals surface area (Å²) in [5.74, 6) is 0. The topological polar surface area (TPSA) is 16.4 Å². The van der Waals surface area contributed by atoms with Crippen molar-refractivity contribution in [2.75, 3.05) is 4.90 Å². The van der Waals surface area contributed by atoms with Gasteiger partial charge in [0.05, 0.1) is 5.69 Å². The van der Waals surface area contributed by atoms with Crippen LogP contribution in [0.5, 0.6) is 0 Å². The number of nitrogens with zero attached hydrogens (tertiary/aromatic N) is 1. The van der Waals surface area contributed by atoms with Crippen molar-refractivity contribution in [3.63, 3.8) is 0 Å². The number of benzene rings is 9. The lowest BCUT2D eigenvalue weighted by Gasteiger charge is -2.28. The van der Waals surface area contributed by atoms with E-state index in [0.29, 0.717) is 0 Å². The zero-order chi connectivity index (χ0) is 34.4. The van der Waals surface area contributed by atoms with Crippen molar-refractivity contribution in [2.24, 2.45) is 0 Å². The van der Waals surface area contributed by atoms with Gasteiger partial charge in [-0.3, -0.25) is 0 Å². The van der Waals surface area contributed by atoms with Crippen LogP contribution in [-0.4, -0.2) is 0 Å². The van der Waals surface area contributed by atoms with Crippen LogP contribution in [-0.2, 0) is 0 Å². The van der Waals surface area contributed by atoms with Gasteiger partial charge in [0, 0.05) is 32.9 Å². The Morgan fingerprint density at radius 2 is 0.885 bits per heavy atom. The average molecular weight is 664 g/mol. The maximum absolute atomic E-state index is 6.59. The first-order valence-corrected chi connectivity index (χ1v) is 17.8. The lowest BCUT2D eigenvalue weighted by Crippen LogP contribution is -2.10. The Morgan fingerprint density at radius 1 is 0.327 bits per heavy atom. The summed E-state index contributed by atoms with van der Waals surface area (Å²) in [7, 11) is 0. The lowest BCUT2D eigenvalue weighted by molar-refractivity contribution is 0.673. The van der Waals surface area contributed by atoms with Crippen LogP contribution in [0, 0.1) is 0 Å². The second-order valence-electron chi connectivity index (χ2n) is 13.3. The van der Waals surface area contributed by atoms with E-state index in [1.165, 1.54) is 49.5 Å². The highest BCUT2D eigenvalue weighted by Gasteiger charge is 2.20. The standard InChI is InChI=1S/C50H33NO/c1-3-12-34(13-4-1)36-22-27-39(28-23-36)51(40-29-24-37(25-30-40)35-14-5-2-6-15-35)47-33-32-43(42-18-9-10-19-44(42)47)45-20-11-21-48-49(45)46-31-26-38-16-7-8-17-41(38)50(46)52-48/h1-33H. The normalized spacial score (nSPS) is 11.5. The SMILES string of the molecule is c1ccc(-c2ccc(N(c3ccc(-c4ccccc4)cc3)c3ccc(-c4cccc5oc6c7ccccc7ccc6c45)c4ccccc34)cc2)cc1. The fourth-order valence-electron chi connectivity index (χ4n) is 7.79. The molecule has 0 aliphatic rings. The van der Waals surface area contributed by atoms with Crippen LogP contribution in [0.15, 0.2) is 205 Å². The Hall–Kier alpha value is -6.90. The Bertz CT molecular complexity index is 2790. The van der Waals surface area contributed by atoms with Crippen molar-refractivity contribution in [1.29, 1.82) is 0 Å². The average Bonchev–Trinajstić information content (AvgIpc) is 3.62. The summed E-state index contributed by atoms with van der Waals surface area (Å²) in [4.78, 5) is 2.38. The zero-order valence-electron chi connectivity index (χ0n) is 28.4. The summed E-state index contributed by atoms with van der Waals surface area (Å²) in [5.41, 5.74) is 12.3. The second-order valence-corrected chi connectivity index (χ2v) is 13.3. The zero-order valence-corrected chi connectivity index (χ0v) is 28.4. The molecule has 2 heteroatoms. The molecule has 10 aromatic rings. The summed E-state index contributed by atoms with van der Waals surface area (Å²) < 4.78 is 6.59. The molecule has 52 heavy (non-hydrogen) atoms. The van der Waals surface area contributed by atoms with Gasteiger partial charge in [0.15, 0.2) is 0 Å². The Balaban J connectivity index is 1.16. The molecule has 0 spiro atoms. The molecule has 1 heterocycles. The number of hydrogen-bond donors (Lipinski definition) is 0. The van der Waals surface area contributed by atoms with Gasteiger partial charge in [0.1, 0.15) is 11.2 Å². The molecule has 0 aliphatic carbocycles. The van der Waals surface area contributed by atoms with Gasteiger partial charge >= 0.3 is 0 Å². The van der Waals surface area contributed by atoms with Crippen LogP contribution in [0.3, 0.4) is 0 Å². The van der Waals surface area contributed by atoms with Crippen molar-refractivity contribution < 1.29 is 4.42 Å². The second kappa shape index (κ2) is 12.5. The first-order valence-electron chi connectivity index (χ1n) is 17.8. The van der Waals surface area contributed by atoms with Crippen LogP contribution < -0.4 is 4.90 Å². The van der Waals surface area contributed by atoms with Gasteiger partial charge in [-0.25, -0.2) is 0 Å². The van der Waals surface area contributed by atoms with E-state index in [2.05, 4.69) is 205 Å². The molecule has 2 nitrogen and oxygen atoms in total. The van der Waals surface area contributed by atoms with Crippen LogP contribution in [0.2, 0.25) is 0 Å². The van der Waals surface area contributed by atoms with Crippen molar-refractivity contribution in [1.82, 2.24) is 0 Å². The maximum Gasteiger partial charge on any atom is 0.143 e.